The van der Waals surface area contributed by atoms with Crippen molar-refractivity contribution in [3.63, 3.8) is 0 Å². The molecule has 0 aliphatic heterocycles. The molecule has 3 heteroatoms. The molecule has 0 aliphatic carbocycles. The van der Waals surface area contributed by atoms with Crippen LogP contribution in [-0.4, -0.2) is 12.5 Å². The van der Waals surface area contributed by atoms with Gasteiger partial charge < -0.3 is 11.1 Å². The Kier molecular flexibility index (Phi) is 5.16. The maximum absolute atomic E-state index is 10.6. The highest BCUT2D eigenvalue weighted by molar-refractivity contribution is 5.73. The molecule has 0 fully saturated rings. The number of carbonyl (C=O) groups excluding carboxylic acids is 1. The molecule has 1 unspecified atom stereocenters. The second-order valence-electron chi connectivity index (χ2n) is 4.59. The quantitative estimate of drug-likeness (QED) is 0.741. The molecule has 0 saturated heterocycles. The number of amides is 1. The molecular weight excluding hydrogens is 212 g/mol. The lowest BCUT2D eigenvalue weighted by Gasteiger charge is -2.15. The fourth-order valence-electron chi connectivity index (χ4n) is 1.73. The van der Waals surface area contributed by atoms with Gasteiger partial charge >= 0.3 is 0 Å². The van der Waals surface area contributed by atoms with Gasteiger partial charge in [0.2, 0.25) is 5.91 Å². The first-order valence-electron chi connectivity index (χ1n) is 6.09. The fraction of sp³-hybridized carbons (Fsp3) is 0.500. The summed E-state index contributed by atoms with van der Waals surface area (Å²) < 4.78 is 0. The monoisotopic (exact) mass is 234 g/mol. The molecule has 1 atom stereocenters. The van der Waals surface area contributed by atoms with Crippen LogP contribution in [-0.2, 0) is 4.79 Å². The highest BCUT2D eigenvalue weighted by Gasteiger charge is 2.05. The standard InChI is InChI=1S/C14H22N2O/c1-10-6-7-13(9-11(10)2)12(3)16-8-4-5-14(15)17/h6-7,9,12,16H,4-5,8H2,1-3H3,(H2,15,17). The summed E-state index contributed by atoms with van der Waals surface area (Å²) in [6.45, 7) is 7.19. The summed E-state index contributed by atoms with van der Waals surface area (Å²) in [5.74, 6) is -0.231. The van der Waals surface area contributed by atoms with Gasteiger partial charge in [-0.3, -0.25) is 4.79 Å². The maximum Gasteiger partial charge on any atom is 0.217 e. The van der Waals surface area contributed by atoms with Crippen LogP contribution in [0.3, 0.4) is 0 Å². The third-order valence-electron chi connectivity index (χ3n) is 3.08. The molecule has 3 nitrogen and oxygen atoms in total. The SMILES string of the molecule is Cc1ccc(C(C)NCCCC(N)=O)cc1C. The number of rotatable bonds is 6. The van der Waals surface area contributed by atoms with E-state index in [0.717, 1.165) is 13.0 Å². The Bertz CT molecular complexity index is 388. The minimum Gasteiger partial charge on any atom is -0.370 e. The number of nitrogens with one attached hydrogen (secondary N) is 1. The second kappa shape index (κ2) is 6.40. The van der Waals surface area contributed by atoms with Gasteiger partial charge in [-0.2, -0.15) is 0 Å². The van der Waals surface area contributed by atoms with E-state index in [4.69, 9.17) is 5.73 Å². The van der Waals surface area contributed by atoms with Gasteiger partial charge in [0.25, 0.3) is 0 Å². The average molecular weight is 234 g/mol. The van der Waals surface area contributed by atoms with Crippen molar-refractivity contribution in [1.82, 2.24) is 5.32 Å². The summed E-state index contributed by atoms with van der Waals surface area (Å²) in [5, 5.41) is 3.39. The van der Waals surface area contributed by atoms with E-state index in [1.54, 1.807) is 0 Å². The lowest BCUT2D eigenvalue weighted by atomic mass is 10.0. The highest BCUT2D eigenvalue weighted by Crippen LogP contribution is 2.16. The van der Waals surface area contributed by atoms with Crippen LogP contribution in [0.5, 0.6) is 0 Å². The van der Waals surface area contributed by atoms with E-state index in [-0.39, 0.29) is 5.91 Å². The Morgan fingerprint density at radius 3 is 2.65 bits per heavy atom. The number of benzene rings is 1. The summed E-state index contributed by atoms with van der Waals surface area (Å²) in [6, 6.07) is 6.81. The molecule has 94 valence electrons. The van der Waals surface area contributed by atoms with Gasteiger partial charge in [0.05, 0.1) is 0 Å². The minimum atomic E-state index is -0.231. The van der Waals surface area contributed by atoms with Crippen molar-refractivity contribution in [1.29, 1.82) is 0 Å². The predicted molar refractivity (Wildman–Crippen MR) is 70.8 cm³/mol. The molecule has 0 aliphatic rings. The van der Waals surface area contributed by atoms with Crippen molar-refractivity contribution in [2.75, 3.05) is 6.54 Å². The van der Waals surface area contributed by atoms with Crippen LogP contribution in [0.2, 0.25) is 0 Å². The van der Waals surface area contributed by atoms with Crippen LogP contribution in [0, 0.1) is 13.8 Å². The minimum absolute atomic E-state index is 0.231. The molecule has 3 N–H and O–H groups in total. The van der Waals surface area contributed by atoms with Gasteiger partial charge in [-0.25, -0.2) is 0 Å². The zero-order chi connectivity index (χ0) is 12.8. The van der Waals surface area contributed by atoms with E-state index in [1.807, 2.05) is 0 Å². The van der Waals surface area contributed by atoms with E-state index in [0.29, 0.717) is 12.5 Å². The third kappa shape index (κ3) is 4.57. The van der Waals surface area contributed by atoms with Crippen molar-refractivity contribution in [3.8, 4) is 0 Å². The van der Waals surface area contributed by atoms with E-state index < -0.39 is 0 Å². The van der Waals surface area contributed by atoms with Crippen molar-refractivity contribution in [3.05, 3.63) is 34.9 Å². The lowest BCUT2D eigenvalue weighted by Crippen LogP contribution is -2.21. The number of hydrogen-bond donors (Lipinski definition) is 2. The first-order chi connectivity index (χ1) is 8.00. The van der Waals surface area contributed by atoms with Crippen LogP contribution in [0.25, 0.3) is 0 Å². The fourth-order valence-corrected chi connectivity index (χ4v) is 1.73. The summed E-state index contributed by atoms with van der Waals surface area (Å²) >= 11 is 0. The largest absolute Gasteiger partial charge is 0.370 e. The van der Waals surface area contributed by atoms with Crippen LogP contribution in [0.1, 0.15) is 42.5 Å². The van der Waals surface area contributed by atoms with E-state index in [9.17, 15) is 4.79 Å². The van der Waals surface area contributed by atoms with Gasteiger partial charge in [-0.05, 0) is 50.4 Å². The number of nitrogens with two attached hydrogens (primary N) is 1. The van der Waals surface area contributed by atoms with Crippen molar-refractivity contribution in [2.24, 2.45) is 5.73 Å². The summed E-state index contributed by atoms with van der Waals surface area (Å²) in [5.41, 5.74) is 9.00. The first kappa shape index (κ1) is 13.7. The van der Waals surface area contributed by atoms with Gasteiger partial charge in [0.1, 0.15) is 0 Å². The lowest BCUT2D eigenvalue weighted by molar-refractivity contribution is -0.118. The van der Waals surface area contributed by atoms with Crippen molar-refractivity contribution < 1.29 is 4.79 Å². The van der Waals surface area contributed by atoms with Crippen LogP contribution in [0.4, 0.5) is 0 Å². The summed E-state index contributed by atoms with van der Waals surface area (Å²) in [7, 11) is 0. The smallest absolute Gasteiger partial charge is 0.217 e. The van der Waals surface area contributed by atoms with Gasteiger partial charge in [-0.1, -0.05) is 18.2 Å². The van der Waals surface area contributed by atoms with Gasteiger partial charge in [-0.15, -0.1) is 0 Å². The Morgan fingerprint density at radius 1 is 1.35 bits per heavy atom. The highest BCUT2D eigenvalue weighted by atomic mass is 16.1. The molecule has 17 heavy (non-hydrogen) atoms. The van der Waals surface area contributed by atoms with Gasteiger partial charge in [0.15, 0.2) is 0 Å². The van der Waals surface area contributed by atoms with Crippen LogP contribution < -0.4 is 11.1 Å². The zero-order valence-electron chi connectivity index (χ0n) is 10.9. The Morgan fingerprint density at radius 2 is 2.06 bits per heavy atom. The molecular formula is C14H22N2O. The Balaban J connectivity index is 2.44. The topological polar surface area (TPSA) is 55.1 Å². The zero-order valence-corrected chi connectivity index (χ0v) is 10.9. The molecule has 1 rings (SSSR count). The average Bonchev–Trinajstić information content (AvgIpc) is 2.27. The summed E-state index contributed by atoms with van der Waals surface area (Å²) in [4.78, 5) is 10.6. The van der Waals surface area contributed by atoms with Crippen LogP contribution in [0.15, 0.2) is 18.2 Å². The van der Waals surface area contributed by atoms with Gasteiger partial charge in [0, 0.05) is 12.5 Å². The molecule has 0 spiro atoms. The first-order valence-corrected chi connectivity index (χ1v) is 6.09. The Labute approximate surface area is 103 Å². The molecule has 1 amide bonds. The van der Waals surface area contributed by atoms with Crippen LogP contribution >= 0.6 is 0 Å². The molecule has 0 heterocycles. The van der Waals surface area contributed by atoms with Crippen molar-refractivity contribution in [2.45, 2.75) is 39.7 Å². The van der Waals surface area contributed by atoms with E-state index in [2.05, 4.69) is 44.3 Å². The molecule has 0 aromatic heterocycles. The molecule has 1 aromatic rings. The van der Waals surface area contributed by atoms with E-state index >= 15 is 0 Å². The number of carbonyl (C=O) groups is 1. The number of primary amides is 1. The third-order valence-corrected chi connectivity index (χ3v) is 3.08. The van der Waals surface area contributed by atoms with E-state index in [1.165, 1.54) is 16.7 Å². The normalized spacial score (nSPS) is 12.4. The number of aryl methyl sites for hydroxylation is 2. The molecule has 0 bridgehead atoms. The predicted octanol–water partition coefficient (Wildman–Crippen LogP) is 2.22. The summed E-state index contributed by atoms with van der Waals surface area (Å²) in [6.07, 6.45) is 1.25. The molecule has 0 radical (unpaired) electrons. The van der Waals surface area contributed by atoms with Crippen molar-refractivity contribution >= 4 is 5.91 Å². The Hall–Kier alpha value is -1.35. The molecule has 1 aromatic carbocycles. The molecule has 0 saturated carbocycles. The second-order valence-corrected chi connectivity index (χ2v) is 4.59. The maximum atomic E-state index is 10.6. The number of hydrogen-bond acceptors (Lipinski definition) is 2.